The summed E-state index contributed by atoms with van der Waals surface area (Å²) in [4.78, 5) is 10.9. The molecule has 1 aliphatic heterocycles. The van der Waals surface area contributed by atoms with Crippen LogP contribution in [0.4, 0.5) is 14.6 Å². The second-order valence-corrected chi connectivity index (χ2v) is 8.38. The number of rotatable bonds is 4. The van der Waals surface area contributed by atoms with Crippen molar-refractivity contribution in [2.75, 3.05) is 25.1 Å². The van der Waals surface area contributed by atoms with Crippen LogP contribution in [0.25, 0.3) is 11.2 Å². The first-order valence-corrected chi connectivity index (χ1v) is 9.54. The van der Waals surface area contributed by atoms with Crippen molar-refractivity contribution < 1.29 is 13.5 Å². The van der Waals surface area contributed by atoms with Gasteiger partial charge in [-0.05, 0) is 6.07 Å². The number of alkyl halides is 2. The van der Waals surface area contributed by atoms with Gasteiger partial charge in [-0.3, -0.25) is 0 Å². The molecule has 1 fully saturated rings. The average Bonchev–Trinajstić information content (AvgIpc) is 3.24. The van der Waals surface area contributed by atoms with E-state index >= 15 is 0 Å². The van der Waals surface area contributed by atoms with Gasteiger partial charge in [0.1, 0.15) is 11.6 Å². The molecule has 0 saturated carbocycles. The Morgan fingerprint density at radius 3 is 2.59 bits per heavy atom. The van der Waals surface area contributed by atoms with Crippen molar-refractivity contribution in [2.24, 2.45) is 0 Å². The summed E-state index contributed by atoms with van der Waals surface area (Å²) < 4.78 is 34.8. The molecule has 0 spiro atoms. The molecule has 9 heteroatoms. The highest BCUT2D eigenvalue weighted by Gasteiger charge is 2.40. The summed E-state index contributed by atoms with van der Waals surface area (Å²) in [6.07, 6.45) is -0.196. The maximum atomic E-state index is 13.9. The Hall–Kier alpha value is -2.84. The number of halogens is 2. The topological polar surface area (TPSA) is 69.0 Å². The summed E-state index contributed by atoms with van der Waals surface area (Å²) in [5.41, 5.74) is 1.53. The highest BCUT2D eigenvalue weighted by atomic mass is 19.3. The van der Waals surface area contributed by atoms with Gasteiger partial charge in [0.2, 0.25) is 0 Å². The van der Waals surface area contributed by atoms with Crippen molar-refractivity contribution in [3.05, 3.63) is 35.7 Å². The summed E-state index contributed by atoms with van der Waals surface area (Å²) in [6, 6.07) is 7.64. The molecule has 0 radical (unpaired) electrons. The van der Waals surface area contributed by atoms with E-state index in [9.17, 15) is 8.78 Å². The van der Waals surface area contributed by atoms with Crippen LogP contribution >= 0.6 is 0 Å². The largest absolute Gasteiger partial charge is 0.496 e. The molecule has 0 unspecified atom stereocenters. The minimum atomic E-state index is -2.73. The van der Waals surface area contributed by atoms with E-state index < -0.39 is 5.92 Å². The number of para-hydroxylation sites is 1. The third-order valence-electron chi connectivity index (χ3n) is 5.00. The standard InChI is InChI=1S/C20H24F2N6O/c1-19(2,3)18-23-16(27-10-9-20(21,22)12-27)15-17(24-18)28(26-25-15)11-13-7-5-6-8-14(13)29-4/h5-8H,9-12H2,1-4H3. The zero-order chi connectivity index (χ0) is 20.8. The number of ether oxygens (including phenoxy) is 1. The molecule has 1 saturated heterocycles. The number of hydrogen-bond donors (Lipinski definition) is 0. The Labute approximate surface area is 167 Å². The maximum Gasteiger partial charge on any atom is 0.266 e. The van der Waals surface area contributed by atoms with Crippen LogP contribution in [0.5, 0.6) is 5.75 Å². The number of methoxy groups -OCH3 is 1. The highest BCUT2D eigenvalue weighted by molar-refractivity contribution is 5.83. The first kappa shape index (κ1) is 19.5. The Kier molecular flexibility index (Phi) is 4.63. The summed E-state index contributed by atoms with van der Waals surface area (Å²) in [7, 11) is 1.61. The van der Waals surface area contributed by atoms with Crippen LogP contribution in [0, 0.1) is 0 Å². The lowest BCUT2D eigenvalue weighted by Crippen LogP contribution is -2.27. The summed E-state index contributed by atoms with van der Waals surface area (Å²) in [5, 5.41) is 8.50. The number of nitrogens with zero attached hydrogens (tertiary/aromatic N) is 6. The van der Waals surface area contributed by atoms with Crippen LogP contribution in [-0.4, -0.2) is 51.1 Å². The molecule has 0 amide bonds. The molecular weight excluding hydrogens is 378 g/mol. The van der Waals surface area contributed by atoms with Gasteiger partial charge >= 0.3 is 0 Å². The molecule has 7 nitrogen and oxygen atoms in total. The van der Waals surface area contributed by atoms with E-state index in [0.29, 0.717) is 29.4 Å². The fraction of sp³-hybridized carbons (Fsp3) is 0.500. The van der Waals surface area contributed by atoms with Crippen LogP contribution in [0.2, 0.25) is 0 Å². The van der Waals surface area contributed by atoms with E-state index in [1.807, 2.05) is 45.0 Å². The lowest BCUT2D eigenvalue weighted by Gasteiger charge is -2.22. The number of anilines is 1. The van der Waals surface area contributed by atoms with Crippen molar-refractivity contribution in [2.45, 2.75) is 45.1 Å². The predicted molar refractivity (Wildman–Crippen MR) is 106 cm³/mol. The highest BCUT2D eigenvalue weighted by Crippen LogP contribution is 2.34. The zero-order valence-corrected chi connectivity index (χ0v) is 17.0. The summed E-state index contributed by atoms with van der Waals surface area (Å²) in [5.74, 6) is -1.00. The van der Waals surface area contributed by atoms with Crippen LogP contribution in [-0.2, 0) is 12.0 Å². The predicted octanol–water partition coefficient (Wildman–Crippen LogP) is 3.42. The molecule has 1 aliphatic rings. The fourth-order valence-corrected chi connectivity index (χ4v) is 3.42. The second-order valence-electron chi connectivity index (χ2n) is 8.38. The van der Waals surface area contributed by atoms with E-state index in [1.54, 1.807) is 16.7 Å². The Morgan fingerprint density at radius 2 is 1.93 bits per heavy atom. The molecule has 0 N–H and O–H groups in total. The molecule has 0 bridgehead atoms. The van der Waals surface area contributed by atoms with Gasteiger partial charge in [0.25, 0.3) is 5.92 Å². The monoisotopic (exact) mass is 402 g/mol. The number of fused-ring (bicyclic) bond motifs is 1. The van der Waals surface area contributed by atoms with Crippen molar-refractivity contribution in [1.82, 2.24) is 25.0 Å². The SMILES string of the molecule is COc1ccccc1Cn1nnc2c(N3CCC(F)(F)C3)nc(C(C)(C)C)nc21. The minimum Gasteiger partial charge on any atom is -0.496 e. The van der Waals surface area contributed by atoms with Gasteiger partial charge in [0, 0.05) is 23.9 Å². The maximum absolute atomic E-state index is 13.9. The van der Waals surface area contributed by atoms with Gasteiger partial charge in [0.15, 0.2) is 17.0 Å². The fourth-order valence-electron chi connectivity index (χ4n) is 3.42. The second kappa shape index (κ2) is 6.89. The molecule has 3 aromatic rings. The van der Waals surface area contributed by atoms with Gasteiger partial charge in [-0.25, -0.2) is 23.4 Å². The first-order valence-electron chi connectivity index (χ1n) is 9.54. The van der Waals surface area contributed by atoms with Crippen molar-refractivity contribution in [3.63, 3.8) is 0 Å². The van der Waals surface area contributed by atoms with Crippen LogP contribution < -0.4 is 9.64 Å². The quantitative estimate of drug-likeness (QED) is 0.666. The third kappa shape index (κ3) is 3.73. The third-order valence-corrected chi connectivity index (χ3v) is 5.00. The Bertz CT molecular complexity index is 1040. The first-order chi connectivity index (χ1) is 13.7. The van der Waals surface area contributed by atoms with E-state index in [2.05, 4.69) is 15.3 Å². The molecule has 3 heterocycles. The smallest absolute Gasteiger partial charge is 0.266 e. The average molecular weight is 402 g/mol. The van der Waals surface area contributed by atoms with Crippen LogP contribution in [0.1, 0.15) is 38.6 Å². The Balaban J connectivity index is 1.83. The van der Waals surface area contributed by atoms with E-state index in [1.165, 1.54) is 0 Å². The number of hydrogen-bond acceptors (Lipinski definition) is 6. The van der Waals surface area contributed by atoms with Gasteiger partial charge in [0.05, 0.1) is 20.2 Å². The van der Waals surface area contributed by atoms with Crippen LogP contribution in [0.15, 0.2) is 24.3 Å². The summed E-state index contributed by atoms with van der Waals surface area (Å²) in [6.45, 7) is 6.22. The lowest BCUT2D eigenvalue weighted by atomic mass is 9.96. The lowest BCUT2D eigenvalue weighted by molar-refractivity contribution is 0.0257. The van der Waals surface area contributed by atoms with Crippen LogP contribution in [0.3, 0.4) is 0 Å². The van der Waals surface area contributed by atoms with Crippen molar-refractivity contribution in [3.8, 4) is 5.75 Å². The molecule has 4 rings (SSSR count). The van der Waals surface area contributed by atoms with Crippen molar-refractivity contribution >= 4 is 17.0 Å². The van der Waals surface area contributed by atoms with E-state index in [-0.39, 0.29) is 24.9 Å². The molecule has 2 aromatic heterocycles. The van der Waals surface area contributed by atoms with Crippen molar-refractivity contribution in [1.29, 1.82) is 0 Å². The van der Waals surface area contributed by atoms with Gasteiger partial charge in [-0.2, -0.15) is 0 Å². The van der Waals surface area contributed by atoms with E-state index in [4.69, 9.17) is 9.72 Å². The molecule has 29 heavy (non-hydrogen) atoms. The zero-order valence-electron chi connectivity index (χ0n) is 17.0. The molecule has 154 valence electrons. The van der Waals surface area contributed by atoms with Gasteiger partial charge in [-0.1, -0.05) is 44.2 Å². The molecule has 0 aliphatic carbocycles. The minimum absolute atomic E-state index is 0.196. The summed E-state index contributed by atoms with van der Waals surface area (Å²) >= 11 is 0. The molecular formula is C20H24F2N6O. The number of aromatic nitrogens is 5. The molecule has 0 atom stereocenters. The Morgan fingerprint density at radius 1 is 1.17 bits per heavy atom. The van der Waals surface area contributed by atoms with Gasteiger partial charge in [-0.15, -0.1) is 5.10 Å². The number of benzene rings is 1. The molecule has 1 aromatic carbocycles. The normalized spacial score (nSPS) is 16.6. The van der Waals surface area contributed by atoms with Gasteiger partial charge < -0.3 is 9.64 Å². The van der Waals surface area contributed by atoms with E-state index in [0.717, 1.165) is 11.3 Å².